The Kier molecular flexibility index (Phi) is 10.0. The SMILES string of the molecule is Cn1nc(NC(=O)c2ccccc2NC(=O)CCOCCOCCNC(=O)OC(C)(C)C)cc1C1CC1. The molecule has 2 aromatic rings. The first kappa shape index (κ1) is 28.1. The standard InChI is InChI=1S/C26H37N5O6/c1-26(2,3)37-25(34)27-12-14-36-16-15-35-13-11-23(32)28-20-8-6-5-7-19(20)24(33)29-22-17-21(18-9-10-18)31(4)30-22/h5-8,17-18H,9-16H2,1-4H3,(H,27,34)(H,28,32)(H,29,30,33). The van der Waals surface area contributed by atoms with E-state index in [-0.39, 0.29) is 24.8 Å². The first-order valence-corrected chi connectivity index (χ1v) is 12.5. The Morgan fingerprint density at radius 2 is 1.73 bits per heavy atom. The molecule has 0 unspecified atom stereocenters. The van der Waals surface area contributed by atoms with Crippen molar-refractivity contribution in [2.45, 2.75) is 51.6 Å². The Morgan fingerprint density at radius 3 is 2.43 bits per heavy atom. The van der Waals surface area contributed by atoms with Crippen LogP contribution in [-0.4, -0.2) is 66.3 Å². The van der Waals surface area contributed by atoms with Crippen LogP contribution >= 0.6 is 0 Å². The van der Waals surface area contributed by atoms with Gasteiger partial charge < -0.3 is 30.2 Å². The molecule has 3 amide bonds. The van der Waals surface area contributed by atoms with Crippen molar-refractivity contribution in [1.29, 1.82) is 0 Å². The quantitative estimate of drug-likeness (QED) is 0.348. The highest BCUT2D eigenvalue weighted by Gasteiger charge is 2.27. The molecule has 1 aromatic heterocycles. The van der Waals surface area contributed by atoms with Crippen molar-refractivity contribution in [2.75, 3.05) is 43.6 Å². The van der Waals surface area contributed by atoms with Gasteiger partial charge in [0.25, 0.3) is 5.91 Å². The van der Waals surface area contributed by atoms with E-state index in [1.165, 1.54) is 0 Å². The van der Waals surface area contributed by atoms with Gasteiger partial charge in [0, 0.05) is 31.3 Å². The molecule has 37 heavy (non-hydrogen) atoms. The average Bonchev–Trinajstić information content (AvgIpc) is 3.59. The summed E-state index contributed by atoms with van der Waals surface area (Å²) in [6.07, 6.45) is 1.93. The molecule has 0 bridgehead atoms. The minimum atomic E-state index is -0.543. The van der Waals surface area contributed by atoms with Crippen molar-refractivity contribution in [3.05, 3.63) is 41.6 Å². The van der Waals surface area contributed by atoms with Gasteiger partial charge in [-0.25, -0.2) is 4.79 Å². The number of alkyl carbamates (subject to hydrolysis) is 1. The Balaban J connectivity index is 1.32. The smallest absolute Gasteiger partial charge is 0.407 e. The van der Waals surface area contributed by atoms with Crippen LogP contribution < -0.4 is 16.0 Å². The number of anilines is 2. The number of aromatic nitrogens is 2. The van der Waals surface area contributed by atoms with Gasteiger partial charge in [0.2, 0.25) is 5.91 Å². The lowest BCUT2D eigenvalue weighted by Gasteiger charge is -2.19. The number of hydrogen-bond donors (Lipinski definition) is 3. The number of ether oxygens (including phenoxy) is 3. The number of rotatable bonds is 13. The minimum absolute atomic E-state index is 0.126. The maximum Gasteiger partial charge on any atom is 0.407 e. The Morgan fingerprint density at radius 1 is 1.03 bits per heavy atom. The summed E-state index contributed by atoms with van der Waals surface area (Å²) < 4.78 is 17.8. The predicted octanol–water partition coefficient (Wildman–Crippen LogP) is 3.44. The zero-order chi connectivity index (χ0) is 26.8. The van der Waals surface area contributed by atoms with Crippen molar-refractivity contribution in [2.24, 2.45) is 7.05 Å². The Hall–Kier alpha value is -3.44. The molecule has 0 radical (unpaired) electrons. The molecule has 1 heterocycles. The third-order valence-electron chi connectivity index (χ3n) is 5.36. The number of benzene rings is 1. The lowest BCUT2D eigenvalue weighted by atomic mass is 10.1. The fourth-order valence-corrected chi connectivity index (χ4v) is 3.52. The number of nitrogens with one attached hydrogen (secondary N) is 3. The molecule has 0 aliphatic heterocycles. The van der Waals surface area contributed by atoms with Crippen LogP contribution in [0.25, 0.3) is 0 Å². The first-order chi connectivity index (χ1) is 17.6. The minimum Gasteiger partial charge on any atom is -0.444 e. The second-order valence-electron chi connectivity index (χ2n) is 9.80. The molecule has 11 nitrogen and oxygen atoms in total. The highest BCUT2D eigenvalue weighted by atomic mass is 16.6. The second-order valence-corrected chi connectivity index (χ2v) is 9.80. The van der Waals surface area contributed by atoms with Crippen LogP contribution in [0.4, 0.5) is 16.3 Å². The van der Waals surface area contributed by atoms with Crippen molar-refractivity contribution >= 4 is 29.4 Å². The van der Waals surface area contributed by atoms with Gasteiger partial charge in [0.15, 0.2) is 5.82 Å². The number of hydrogen-bond acceptors (Lipinski definition) is 7. The number of carbonyl (C=O) groups is 3. The third kappa shape index (κ3) is 9.85. The molecule has 1 aliphatic rings. The van der Waals surface area contributed by atoms with E-state index in [1.807, 2.05) is 13.1 Å². The Labute approximate surface area is 217 Å². The molecule has 1 aliphatic carbocycles. The molecule has 3 rings (SSSR count). The lowest BCUT2D eigenvalue weighted by Crippen LogP contribution is -2.34. The summed E-state index contributed by atoms with van der Waals surface area (Å²) in [7, 11) is 1.87. The van der Waals surface area contributed by atoms with Gasteiger partial charge >= 0.3 is 6.09 Å². The van der Waals surface area contributed by atoms with E-state index in [4.69, 9.17) is 14.2 Å². The zero-order valence-corrected chi connectivity index (χ0v) is 22.0. The maximum absolute atomic E-state index is 12.8. The molecule has 0 saturated heterocycles. The van der Waals surface area contributed by atoms with Crippen LogP contribution in [0, 0.1) is 0 Å². The predicted molar refractivity (Wildman–Crippen MR) is 139 cm³/mol. The van der Waals surface area contributed by atoms with E-state index in [0.717, 1.165) is 18.5 Å². The van der Waals surface area contributed by atoms with Crippen molar-refractivity contribution < 1.29 is 28.6 Å². The molecule has 1 saturated carbocycles. The van der Waals surface area contributed by atoms with Crippen LogP contribution in [0.2, 0.25) is 0 Å². The number of nitrogens with zero attached hydrogens (tertiary/aromatic N) is 2. The monoisotopic (exact) mass is 515 g/mol. The van der Waals surface area contributed by atoms with Crippen LogP contribution in [0.5, 0.6) is 0 Å². The van der Waals surface area contributed by atoms with E-state index in [1.54, 1.807) is 49.7 Å². The number of amides is 3. The zero-order valence-electron chi connectivity index (χ0n) is 22.0. The van der Waals surface area contributed by atoms with Gasteiger partial charge in [-0.3, -0.25) is 14.3 Å². The van der Waals surface area contributed by atoms with E-state index in [0.29, 0.717) is 49.4 Å². The summed E-state index contributed by atoms with van der Waals surface area (Å²) in [5.41, 5.74) is 1.34. The topological polar surface area (TPSA) is 133 Å². The summed E-state index contributed by atoms with van der Waals surface area (Å²) in [6, 6.07) is 8.73. The number of para-hydroxylation sites is 1. The largest absolute Gasteiger partial charge is 0.444 e. The summed E-state index contributed by atoms with van der Waals surface area (Å²) in [5, 5.41) is 12.6. The summed E-state index contributed by atoms with van der Waals surface area (Å²) >= 11 is 0. The molecule has 0 atom stereocenters. The summed E-state index contributed by atoms with van der Waals surface area (Å²) in [6.45, 7) is 6.88. The molecule has 0 spiro atoms. The summed E-state index contributed by atoms with van der Waals surface area (Å²) in [5.74, 6) is 0.402. The van der Waals surface area contributed by atoms with Crippen LogP contribution in [0.1, 0.15) is 62.0 Å². The fraction of sp³-hybridized carbons (Fsp3) is 0.538. The summed E-state index contributed by atoms with van der Waals surface area (Å²) in [4.78, 5) is 36.8. The van der Waals surface area contributed by atoms with Crippen molar-refractivity contribution in [3.63, 3.8) is 0 Å². The molecule has 11 heteroatoms. The average molecular weight is 516 g/mol. The molecule has 1 aromatic carbocycles. The highest BCUT2D eigenvalue weighted by Crippen LogP contribution is 2.40. The molecule has 202 valence electrons. The number of carbonyl (C=O) groups excluding carboxylic acids is 3. The maximum atomic E-state index is 12.8. The molecule has 3 N–H and O–H groups in total. The highest BCUT2D eigenvalue weighted by molar-refractivity contribution is 6.09. The van der Waals surface area contributed by atoms with Crippen LogP contribution in [0.15, 0.2) is 30.3 Å². The van der Waals surface area contributed by atoms with Gasteiger partial charge in [-0.15, -0.1) is 0 Å². The normalized spacial score (nSPS) is 13.2. The van der Waals surface area contributed by atoms with Crippen LogP contribution in [-0.2, 0) is 26.1 Å². The van der Waals surface area contributed by atoms with Crippen LogP contribution in [0.3, 0.4) is 0 Å². The third-order valence-corrected chi connectivity index (χ3v) is 5.36. The molecular weight excluding hydrogens is 478 g/mol. The molecular formula is C26H37N5O6. The van der Waals surface area contributed by atoms with Gasteiger partial charge in [0.05, 0.1) is 44.1 Å². The molecule has 1 fully saturated rings. The van der Waals surface area contributed by atoms with Gasteiger partial charge in [-0.1, -0.05) is 12.1 Å². The lowest BCUT2D eigenvalue weighted by molar-refractivity contribution is -0.117. The van der Waals surface area contributed by atoms with Gasteiger partial charge in [-0.2, -0.15) is 5.10 Å². The Bertz CT molecular complexity index is 1070. The van der Waals surface area contributed by atoms with E-state index in [2.05, 4.69) is 21.0 Å². The van der Waals surface area contributed by atoms with Gasteiger partial charge in [0.1, 0.15) is 5.60 Å². The van der Waals surface area contributed by atoms with Crippen molar-refractivity contribution in [1.82, 2.24) is 15.1 Å². The van der Waals surface area contributed by atoms with Gasteiger partial charge in [-0.05, 0) is 45.7 Å². The van der Waals surface area contributed by atoms with E-state index in [9.17, 15) is 14.4 Å². The van der Waals surface area contributed by atoms with Crippen molar-refractivity contribution in [3.8, 4) is 0 Å². The first-order valence-electron chi connectivity index (χ1n) is 12.5. The number of aryl methyl sites for hydroxylation is 1. The second kappa shape index (κ2) is 13.2. The van der Waals surface area contributed by atoms with E-state index >= 15 is 0 Å². The van der Waals surface area contributed by atoms with E-state index < -0.39 is 11.7 Å². The fourth-order valence-electron chi connectivity index (χ4n) is 3.52.